The fraction of sp³-hybridized carbons (Fsp3) is 0.286. The minimum Gasteiger partial charge on any atom is -0.383 e. The first-order valence-electron chi connectivity index (χ1n) is 6.28. The molecule has 0 aliphatic rings. The fourth-order valence-electron chi connectivity index (χ4n) is 1.60. The first-order valence-corrected chi connectivity index (χ1v) is 7.07. The van der Waals surface area contributed by atoms with Crippen LogP contribution in [0.15, 0.2) is 34.9 Å². The predicted octanol–water partition coefficient (Wildman–Crippen LogP) is 3.35. The SMILES string of the molecule is COCCNc1ccnc(Nc2ccc(C)c(Br)c2)n1. The lowest BCUT2D eigenvalue weighted by Crippen LogP contribution is -2.09. The Bertz CT molecular complexity index is 577. The maximum atomic E-state index is 4.99. The third-order valence-electron chi connectivity index (χ3n) is 2.70. The van der Waals surface area contributed by atoms with Crippen LogP contribution in [-0.4, -0.2) is 30.2 Å². The van der Waals surface area contributed by atoms with Gasteiger partial charge in [-0.15, -0.1) is 0 Å². The van der Waals surface area contributed by atoms with Gasteiger partial charge in [0.1, 0.15) is 5.82 Å². The van der Waals surface area contributed by atoms with Crippen LogP contribution in [0.3, 0.4) is 0 Å². The molecule has 2 N–H and O–H groups in total. The molecule has 2 rings (SSSR count). The van der Waals surface area contributed by atoms with E-state index >= 15 is 0 Å². The first-order chi connectivity index (χ1) is 9.69. The number of aromatic nitrogens is 2. The van der Waals surface area contributed by atoms with Gasteiger partial charge in [-0.1, -0.05) is 22.0 Å². The maximum absolute atomic E-state index is 4.99. The molecule has 0 saturated heterocycles. The molecule has 0 unspecified atom stereocenters. The lowest BCUT2D eigenvalue weighted by Gasteiger charge is -2.09. The van der Waals surface area contributed by atoms with Gasteiger partial charge in [0.2, 0.25) is 5.95 Å². The van der Waals surface area contributed by atoms with Crippen LogP contribution >= 0.6 is 15.9 Å². The molecule has 6 heteroatoms. The van der Waals surface area contributed by atoms with Crippen molar-refractivity contribution < 1.29 is 4.74 Å². The molecule has 1 aromatic heterocycles. The molecular formula is C14H17BrN4O. The summed E-state index contributed by atoms with van der Waals surface area (Å²) >= 11 is 3.51. The Kier molecular flexibility index (Phi) is 5.31. The van der Waals surface area contributed by atoms with Crippen molar-refractivity contribution in [1.29, 1.82) is 0 Å². The van der Waals surface area contributed by atoms with Gasteiger partial charge in [0.05, 0.1) is 6.61 Å². The molecule has 0 fully saturated rings. The third kappa shape index (κ3) is 4.18. The smallest absolute Gasteiger partial charge is 0.229 e. The van der Waals surface area contributed by atoms with Crippen molar-refractivity contribution in [2.24, 2.45) is 0 Å². The summed E-state index contributed by atoms with van der Waals surface area (Å²) in [5, 5.41) is 6.35. The Balaban J connectivity index is 2.05. The van der Waals surface area contributed by atoms with Crippen LogP contribution in [0.25, 0.3) is 0 Å². The lowest BCUT2D eigenvalue weighted by molar-refractivity contribution is 0.210. The molecule has 106 valence electrons. The second-order valence-electron chi connectivity index (χ2n) is 4.27. The molecule has 0 aliphatic heterocycles. The number of halogens is 1. The zero-order valence-corrected chi connectivity index (χ0v) is 13.1. The minimum absolute atomic E-state index is 0.558. The van der Waals surface area contributed by atoms with Gasteiger partial charge in [-0.2, -0.15) is 4.98 Å². The van der Waals surface area contributed by atoms with Crippen LogP contribution in [-0.2, 0) is 4.74 Å². The molecule has 0 radical (unpaired) electrons. The van der Waals surface area contributed by atoms with Gasteiger partial charge in [0.15, 0.2) is 0 Å². The van der Waals surface area contributed by atoms with Crippen molar-refractivity contribution in [3.05, 3.63) is 40.5 Å². The standard InChI is InChI=1S/C14H17BrN4O/c1-10-3-4-11(9-12(10)15)18-14-17-6-5-13(19-14)16-7-8-20-2/h3-6,9H,7-8H2,1-2H3,(H2,16,17,18,19). The van der Waals surface area contributed by atoms with Gasteiger partial charge in [0.25, 0.3) is 0 Å². The normalized spacial score (nSPS) is 10.3. The quantitative estimate of drug-likeness (QED) is 0.792. The molecule has 5 nitrogen and oxygen atoms in total. The van der Waals surface area contributed by atoms with E-state index in [9.17, 15) is 0 Å². The Labute approximate surface area is 126 Å². The predicted molar refractivity (Wildman–Crippen MR) is 84.6 cm³/mol. The highest BCUT2D eigenvalue weighted by Gasteiger charge is 2.02. The van der Waals surface area contributed by atoms with Crippen LogP contribution in [0, 0.1) is 6.92 Å². The third-order valence-corrected chi connectivity index (χ3v) is 3.55. The van der Waals surface area contributed by atoms with Crippen molar-refractivity contribution in [3.63, 3.8) is 0 Å². The van der Waals surface area contributed by atoms with Gasteiger partial charge in [-0.05, 0) is 30.7 Å². The summed E-state index contributed by atoms with van der Waals surface area (Å²) in [7, 11) is 1.67. The maximum Gasteiger partial charge on any atom is 0.229 e. The monoisotopic (exact) mass is 336 g/mol. The van der Waals surface area contributed by atoms with E-state index in [0.29, 0.717) is 19.1 Å². The number of nitrogens with zero attached hydrogens (tertiary/aromatic N) is 2. The zero-order chi connectivity index (χ0) is 14.4. The van der Waals surface area contributed by atoms with Crippen molar-refractivity contribution >= 4 is 33.4 Å². The first kappa shape index (κ1) is 14.7. The van der Waals surface area contributed by atoms with Crippen LogP contribution in [0.4, 0.5) is 17.5 Å². The van der Waals surface area contributed by atoms with Crippen molar-refractivity contribution in [1.82, 2.24) is 9.97 Å². The van der Waals surface area contributed by atoms with Gasteiger partial charge in [0, 0.05) is 30.0 Å². The summed E-state index contributed by atoms with van der Waals surface area (Å²) in [4.78, 5) is 8.59. The van der Waals surface area contributed by atoms with Crippen LogP contribution in [0.2, 0.25) is 0 Å². The summed E-state index contributed by atoms with van der Waals surface area (Å²) in [6, 6.07) is 7.86. The number of nitrogens with one attached hydrogen (secondary N) is 2. The van der Waals surface area contributed by atoms with Crippen LogP contribution in [0.1, 0.15) is 5.56 Å². The van der Waals surface area contributed by atoms with Crippen LogP contribution < -0.4 is 10.6 Å². The van der Waals surface area contributed by atoms with Crippen molar-refractivity contribution in [2.75, 3.05) is 30.9 Å². The minimum atomic E-state index is 0.558. The molecule has 0 atom stereocenters. The average molecular weight is 337 g/mol. The number of methoxy groups -OCH3 is 1. The van der Waals surface area contributed by atoms with Crippen LogP contribution in [0.5, 0.6) is 0 Å². The summed E-state index contributed by atoms with van der Waals surface area (Å²) < 4.78 is 6.04. The fourth-order valence-corrected chi connectivity index (χ4v) is 1.98. The highest BCUT2D eigenvalue weighted by Crippen LogP contribution is 2.22. The summed E-state index contributed by atoms with van der Waals surface area (Å²) in [6.07, 6.45) is 1.72. The topological polar surface area (TPSA) is 59.1 Å². The summed E-state index contributed by atoms with van der Waals surface area (Å²) in [6.45, 7) is 3.39. The molecule has 1 aromatic carbocycles. The number of rotatable bonds is 6. The second kappa shape index (κ2) is 7.21. The molecule has 0 bridgehead atoms. The number of benzene rings is 1. The molecule has 0 saturated carbocycles. The molecule has 0 spiro atoms. The van der Waals surface area contributed by atoms with E-state index in [2.05, 4.69) is 36.5 Å². The molecule has 0 amide bonds. The van der Waals surface area contributed by atoms with E-state index in [1.54, 1.807) is 13.3 Å². The summed E-state index contributed by atoms with van der Waals surface area (Å²) in [5.74, 6) is 1.33. The number of hydrogen-bond donors (Lipinski definition) is 2. The molecule has 0 aliphatic carbocycles. The zero-order valence-electron chi connectivity index (χ0n) is 11.5. The van der Waals surface area contributed by atoms with E-state index in [-0.39, 0.29) is 0 Å². The van der Waals surface area contributed by atoms with E-state index in [4.69, 9.17) is 4.74 Å². The lowest BCUT2D eigenvalue weighted by atomic mass is 10.2. The van der Waals surface area contributed by atoms with Gasteiger partial charge < -0.3 is 15.4 Å². The Morgan fingerprint density at radius 3 is 2.90 bits per heavy atom. The Morgan fingerprint density at radius 2 is 2.15 bits per heavy atom. The van der Waals surface area contributed by atoms with E-state index in [1.807, 2.05) is 31.2 Å². The highest BCUT2D eigenvalue weighted by atomic mass is 79.9. The second-order valence-corrected chi connectivity index (χ2v) is 5.13. The van der Waals surface area contributed by atoms with Crippen molar-refractivity contribution in [3.8, 4) is 0 Å². The van der Waals surface area contributed by atoms with Gasteiger partial charge in [-0.25, -0.2) is 4.98 Å². The summed E-state index contributed by atoms with van der Waals surface area (Å²) in [5.41, 5.74) is 2.13. The van der Waals surface area contributed by atoms with Crippen molar-refractivity contribution in [2.45, 2.75) is 6.92 Å². The Morgan fingerprint density at radius 1 is 1.30 bits per heavy atom. The van der Waals surface area contributed by atoms with Gasteiger partial charge >= 0.3 is 0 Å². The van der Waals surface area contributed by atoms with E-state index in [0.717, 1.165) is 16.0 Å². The van der Waals surface area contributed by atoms with E-state index in [1.165, 1.54) is 5.56 Å². The molecule has 2 aromatic rings. The number of aryl methyl sites for hydroxylation is 1. The molecular weight excluding hydrogens is 320 g/mol. The largest absolute Gasteiger partial charge is 0.383 e. The number of hydrogen-bond acceptors (Lipinski definition) is 5. The molecule has 1 heterocycles. The van der Waals surface area contributed by atoms with E-state index < -0.39 is 0 Å². The average Bonchev–Trinajstić information content (AvgIpc) is 2.44. The van der Waals surface area contributed by atoms with Gasteiger partial charge in [-0.3, -0.25) is 0 Å². The number of anilines is 3. The molecule has 20 heavy (non-hydrogen) atoms. The highest BCUT2D eigenvalue weighted by molar-refractivity contribution is 9.10. The number of ether oxygens (including phenoxy) is 1. The Hall–Kier alpha value is -1.66.